The normalized spacial score (nSPS) is 12.0. The number of nitro groups is 1. The maximum atomic E-state index is 14.2. The monoisotopic (exact) mass is 698 g/mol. The minimum absolute atomic E-state index is 0.0659. The van der Waals surface area contributed by atoms with Gasteiger partial charge in [-0.25, -0.2) is 8.42 Å². The van der Waals surface area contributed by atoms with Crippen LogP contribution in [0.2, 0.25) is 15.1 Å². The number of amides is 2. The zero-order chi connectivity index (χ0) is 33.6. The van der Waals surface area contributed by atoms with Gasteiger partial charge in [0.2, 0.25) is 11.8 Å². The first-order valence-electron chi connectivity index (χ1n) is 13.7. The predicted molar refractivity (Wildman–Crippen MR) is 175 cm³/mol. The van der Waals surface area contributed by atoms with Gasteiger partial charge in [-0.1, -0.05) is 60.8 Å². The van der Waals surface area contributed by atoms with Crippen molar-refractivity contribution in [2.24, 2.45) is 5.92 Å². The Labute approximate surface area is 277 Å². The highest BCUT2D eigenvalue weighted by atomic mass is 35.5. The van der Waals surface area contributed by atoms with Crippen molar-refractivity contribution >= 4 is 68.0 Å². The van der Waals surface area contributed by atoms with E-state index >= 15 is 0 Å². The Kier molecular flexibility index (Phi) is 12.1. The summed E-state index contributed by atoms with van der Waals surface area (Å²) >= 11 is 18.5. The number of hydrogen-bond acceptors (Lipinski definition) is 7. The molecule has 0 radical (unpaired) electrons. The summed E-state index contributed by atoms with van der Waals surface area (Å²) in [5.74, 6) is -1.02. The molecule has 2 amide bonds. The number of rotatable bonds is 13. The van der Waals surface area contributed by atoms with Gasteiger partial charge in [0.15, 0.2) is 0 Å². The summed E-state index contributed by atoms with van der Waals surface area (Å²) in [5, 5.41) is 15.1. The third-order valence-electron chi connectivity index (χ3n) is 6.84. The lowest BCUT2D eigenvalue weighted by atomic mass is 10.1. The minimum atomic E-state index is -4.65. The molecule has 0 saturated heterocycles. The van der Waals surface area contributed by atoms with Crippen LogP contribution < -0.4 is 14.4 Å². The second-order valence-electron chi connectivity index (χ2n) is 10.6. The Morgan fingerprint density at radius 1 is 1.00 bits per heavy atom. The molecule has 3 aromatic carbocycles. The van der Waals surface area contributed by atoms with E-state index in [0.29, 0.717) is 17.1 Å². The number of methoxy groups -OCH3 is 1. The number of nitro benzene ring substituents is 1. The van der Waals surface area contributed by atoms with Gasteiger partial charge < -0.3 is 15.0 Å². The van der Waals surface area contributed by atoms with Gasteiger partial charge in [0.1, 0.15) is 18.3 Å². The van der Waals surface area contributed by atoms with Crippen LogP contribution in [0.4, 0.5) is 11.4 Å². The Morgan fingerprint density at radius 2 is 1.69 bits per heavy atom. The van der Waals surface area contributed by atoms with Crippen LogP contribution >= 0.6 is 34.8 Å². The lowest BCUT2D eigenvalue weighted by molar-refractivity contribution is -0.385. The molecule has 11 nitrogen and oxygen atoms in total. The number of carbonyl (C=O) groups excluding carboxylic acids is 2. The van der Waals surface area contributed by atoms with Crippen molar-refractivity contribution in [3.63, 3.8) is 0 Å². The molecule has 0 saturated carbocycles. The highest BCUT2D eigenvalue weighted by Gasteiger charge is 2.35. The molecule has 15 heteroatoms. The van der Waals surface area contributed by atoms with Crippen LogP contribution in [0.1, 0.15) is 31.9 Å². The van der Waals surface area contributed by atoms with Gasteiger partial charge >= 0.3 is 0 Å². The van der Waals surface area contributed by atoms with E-state index in [9.17, 15) is 28.1 Å². The van der Waals surface area contributed by atoms with Gasteiger partial charge in [-0.15, -0.1) is 0 Å². The van der Waals surface area contributed by atoms with Crippen LogP contribution in [0.15, 0.2) is 59.5 Å². The highest BCUT2D eigenvalue weighted by molar-refractivity contribution is 7.92. The molecule has 0 bridgehead atoms. The second-order valence-corrected chi connectivity index (χ2v) is 13.7. The summed E-state index contributed by atoms with van der Waals surface area (Å²) in [6.07, 6.45) is 0. The first-order chi connectivity index (χ1) is 21.1. The van der Waals surface area contributed by atoms with Crippen LogP contribution in [0.3, 0.4) is 0 Å². The molecule has 1 atom stereocenters. The molecular weight excluding hydrogens is 667 g/mol. The molecule has 1 N–H and O–H groups in total. The van der Waals surface area contributed by atoms with E-state index in [1.807, 2.05) is 13.8 Å². The molecule has 0 aliphatic rings. The zero-order valence-corrected chi connectivity index (χ0v) is 28.3. The molecule has 0 fully saturated rings. The first-order valence-corrected chi connectivity index (χ1v) is 16.3. The molecule has 0 spiro atoms. The SMILES string of the molecule is COc1ccc(Cl)cc1N(CC(=O)N(Cc1ccc(Cl)c(Cl)c1)[C@@H](C)C(=O)NCC(C)C)S(=O)(=O)c1ccc(C)c([N+](=O)[O-])c1. The van der Waals surface area contributed by atoms with Gasteiger partial charge in [0.25, 0.3) is 15.7 Å². The van der Waals surface area contributed by atoms with Crippen LogP contribution in [0.5, 0.6) is 5.75 Å². The Balaban J connectivity index is 2.16. The average Bonchev–Trinajstić information content (AvgIpc) is 2.98. The second kappa shape index (κ2) is 15.1. The van der Waals surface area contributed by atoms with E-state index in [2.05, 4.69) is 5.32 Å². The third-order valence-corrected chi connectivity index (χ3v) is 9.57. The highest BCUT2D eigenvalue weighted by Crippen LogP contribution is 2.36. The van der Waals surface area contributed by atoms with Crippen molar-refractivity contribution in [1.82, 2.24) is 10.2 Å². The summed E-state index contributed by atoms with van der Waals surface area (Å²) in [4.78, 5) is 39.1. The topological polar surface area (TPSA) is 139 Å². The van der Waals surface area contributed by atoms with Gasteiger partial charge in [-0.3, -0.25) is 24.0 Å². The van der Waals surface area contributed by atoms with Crippen molar-refractivity contribution in [1.29, 1.82) is 0 Å². The molecule has 242 valence electrons. The number of nitrogens with zero attached hydrogens (tertiary/aromatic N) is 3. The van der Waals surface area contributed by atoms with E-state index in [4.69, 9.17) is 39.5 Å². The molecule has 0 aromatic heterocycles. The maximum absolute atomic E-state index is 14.2. The summed E-state index contributed by atoms with van der Waals surface area (Å²) in [6.45, 7) is 6.24. The first kappa shape index (κ1) is 35.9. The lowest BCUT2D eigenvalue weighted by Crippen LogP contribution is -2.51. The summed E-state index contributed by atoms with van der Waals surface area (Å²) in [7, 11) is -3.34. The summed E-state index contributed by atoms with van der Waals surface area (Å²) in [5.41, 5.74) is 0.270. The number of sulfonamides is 1. The fraction of sp³-hybridized carbons (Fsp3) is 0.333. The van der Waals surface area contributed by atoms with Crippen molar-refractivity contribution in [3.05, 3.63) is 90.9 Å². The molecule has 3 aromatic rings. The summed E-state index contributed by atoms with van der Waals surface area (Å²) < 4.78 is 34.6. The number of benzene rings is 3. The van der Waals surface area contributed by atoms with E-state index in [1.165, 1.54) is 56.2 Å². The zero-order valence-electron chi connectivity index (χ0n) is 25.2. The van der Waals surface area contributed by atoms with Crippen LogP contribution in [0, 0.1) is 23.0 Å². The Hall–Kier alpha value is -3.58. The predicted octanol–water partition coefficient (Wildman–Crippen LogP) is 6.26. The lowest BCUT2D eigenvalue weighted by Gasteiger charge is -2.32. The molecule has 3 rings (SSSR count). The van der Waals surface area contributed by atoms with E-state index in [-0.39, 0.29) is 39.5 Å². The number of aryl methyl sites for hydroxylation is 1. The molecule has 0 aliphatic carbocycles. The van der Waals surface area contributed by atoms with Gasteiger partial charge in [0.05, 0.1) is 32.7 Å². The number of ether oxygens (including phenoxy) is 1. The Bertz CT molecular complexity index is 1700. The third kappa shape index (κ3) is 8.78. The van der Waals surface area contributed by atoms with Crippen LogP contribution in [-0.2, 0) is 26.2 Å². The smallest absolute Gasteiger partial charge is 0.273 e. The molecule has 0 aliphatic heterocycles. The number of anilines is 1. The number of nitrogens with one attached hydrogen (secondary N) is 1. The largest absolute Gasteiger partial charge is 0.495 e. The van der Waals surface area contributed by atoms with Crippen molar-refractivity contribution in [2.45, 2.75) is 45.2 Å². The average molecular weight is 700 g/mol. The molecule has 45 heavy (non-hydrogen) atoms. The fourth-order valence-corrected chi connectivity index (χ4v) is 6.24. The number of carbonyl (C=O) groups is 2. The number of hydrogen-bond donors (Lipinski definition) is 1. The molecule has 0 heterocycles. The van der Waals surface area contributed by atoms with Crippen molar-refractivity contribution in [3.8, 4) is 5.75 Å². The van der Waals surface area contributed by atoms with Crippen LogP contribution in [0.25, 0.3) is 0 Å². The van der Waals surface area contributed by atoms with E-state index in [1.54, 1.807) is 18.2 Å². The molecule has 0 unspecified atom stereocenters. The van der Waals surface area contributed by atoms with Crippen molar-refractivity contribution < 1.29 is 27.7 Å². The fourth-order valence-electron chi connectivity index (χ4n) is 4.31. The summed E-state index contributed by atoms with van der Waals surface area (Å²) in [6, 6.07) is 11.3. The van der Waals surface area contributed by atoms with Crippen LogP contribution in [-0.4, -0.2) is 56.3 Å². The minimum Gasteiger partial charge on any atom is -0.495 e. The maximum Gasteiger partial charge on any atom is 0.273 e. The van der Waals surface area contributed by atoms with Gasteiger partial charge in [-0.2, -0.15) is 0 Å². The Morgan fingerprint density at radius 3 is 2.29 bits per heavy atom. The van der Waals surface area contributed by atoms with Crippen molar-refractivity contribution in [2.75, 3.05) is 24.5 Å². The quantitative estimate of drug-likeness (QED) is 0.164. The molecular formula is C30H33Cl3N4O7S. The standard InChI is InChI=1S/C30H33Cl3N4O7S/c1-18(2)15-34-30(39)20(4)35(16-21-7-10-24(32)25(33)12-21)29(38)17-36(27-13-22(31)8-11-28(27)44-5)45(42,43)23-9-6-19(3)26(14-23)37(40)41/h6-14,18,20H,15-17H2,1-5H3,(H,34,39)/t20-/m0/s1. The van der Waals surface area contributed by atoms with E-state index < -0.39 is 49.9 Å². The van der Waals surface area contributed by atoms with Gasteiger partial charge in [0, 0.05) is 29.7 Å². The van der Waals surface area contributed by atoms with Gasteiger partial charge in [-0.05, 0) is 61.7 Å². The number of halogens is 3. The van der Waals surface area contributed by atoms with E-state index in [0.717, 1.165) is 10.4 Å².